The van der Waals surface area contributed by atoms with Crippen molar-refractivity contribution in [1.29, 1.82) is 0 Å². The molecule has 0 unspecified atom stereocenters. The highest BCUT2D eigenvalue weighted by Crippen LogP contribution is 2.29. The number of hydrogen-bond acceptors (Lipinski definition) is 7. The van der Waals surface area contributed by atoms with Crippen molar-refractivity contribution in [2.24, 2.45) is 0 Å². The summed E-state index contributed by atoms with van der Waals surface area (Å²) in [6, 6.07) is 12.0. The maximum absolute atomic E-state index is 12.7. The van der Waals surface area contributed by atoms with Crippen molar-refractivity contribution < 1.29 is 23.8 Å². The number of morpholine rings is 1. The van der Waals surface area contributed by atoms with E-state index in [-0.39, 0.29) is 11.8 Å². The fraction of sp³-hybridized carbons (Fsp3) is 0.292. The molecule has 0 spiro atoms. The van der Waals surface area contributed by atoms with E-state index in [9.17, 15) is 9.59 Å². The molecule has 9 heteroatoms. The average Bonchev–Trinajstić information content (AvgIpc) is 3.36. The first kappa shape index (κ1) is 22.8. The molecule has 1 aliphatic rings. The van der Waals surface area contributed by atoms with Crippen molar-refractivity contribution in [3.63, 3.8) is 0 Å². The Kier molecular flexibility index (Phi) is 7.54. The average molecular weight is 468 g/mol. The lowest BCUT2D eigenvalue weighted by molar-refractivity contribution is 0.0303. The lowest BCUT2D eigenvalue weighted by Gasteiger charge is -2.26. The molecule has 0 saturated carbocycles. The van der Waals surface area contributed by atoms with Crippen LogP contribution in [0.2, 0.25) is 0 Å². The second kappa shape index (κ2) is 10.9. The molecule has 0 radical (unpaired) electrons. The predicted molar refractivity (Wildman–Crippen MR) is 126 cm³/mol. The Morgan fingerprint density at radius 2 is 1.82 bits per heavy atom. The van der Waals surface area contributed by atoms with E-state index in [1.54, 1.807) is 58.9 Å². The van der Waals surface area contributed by atoms with Gasteiger partial charge in [-0.25, -0.2) is 4.98 Å². The Morgan fingerprint density at radius 3 is 2.52 bits per heavy atom. The number of amides is 2. The Labute approximate surface area is 196 Å². The van der Waals surface area contributed by atoms with Gasteiger partial charge < -0.3 is 19.1 Å². The molecule has 0 atom stereocenters. The van der Waals surface area contributed by atoms with E-state index in [0.717, 1.165) is 6.42 Å². The first-order valence-electron chi connectivity index (χ1n) is 10.8. The topological polar surface area (TPSA) is 90.0 Å². The third kappa shape index (κ3) is 6.09. The maximum Gasteiger partial charge on any atom is 0.257 e. The Balaban J connectivity index is 1.49. The van der Waals surface area contributed by atoms with Gasteiger partial charge >= 0.3 is 0 Å². The second-order valence-electron chi connectivity index (χ2n) is 7.36. The molecule has 1 fully saturated rings. The normalized spacial score (nSPS) is 13.4. The SMILES string of the molecule is CCCOc1cc(Oc2ccc(C(=O)N3CCOCC3)cc2)cc(C(=O)Nc2nccs2)c1. The van der Waals surface area contributed by atoms with Gasteiger partial charge in [-0.3, -0.25) is 14.9 Å². The minimum absolute atomic E-state index is 0.0269. The van der Waals surface area contributed by atoms with Gasteiger partial charge in [-0.15, -0.1) is 11.3 Å². The summed E-state index contributed by atoms with van der Waals surface area (Å²) in [4.78, 5) is 31.2. The van der Waals surface area contributed by atoms with Crippen molar-refractivity contribution in [3.05, 3.63) is 65.2 Å². The summed E-state index contributed by atoms with van der Waals surface area (Å²) in [5, 5.41) is 5.08. The van der Waals surface area contributed by atoms with Crippen molar-refractivity contribution >= 4 is 28.3 Å². The number of benzene rings is 2. The van der Waals surface area contributed by atoms with Crippen molar-refractivity contribution in [3.8, 4) is 17.2 Å². The summed E-state index contributed by atoms with van der Waals surface area (Å²) in [5.41, 5.74) is 0.987. The van der Waals surface area contributed by atoms with E-state index in [1.807, 2.05) is 6.92 Å². The summed E-state index contributed by atoms with van der Waals surface area (Å²) in [6.07, 6.45) is 2.47. The van der Waals surface area contributed by atoms with Crippen LogP contribution in [0.1, 0.15) is 34.1 Å². The van der Waals surface area contributed by atoms with Gasteiger partial charge in [-0.05, 0) is 42.8 Å². The molecule has 3 aromatic rings. The number of aromatic nitrogens is 1. The quantitative estimate of drug-likeness (QED) is 0.527. The van der Waals surface area contributed by atoms with Crippen molar-refractivity contribution in [2.75, 3.05) is 38.2 Å². The Morgan fingerprint density at radius 1 is 1.06 bits per heavy atom. The first-order chi connectivity index (χ1) is 16.1. The summed E-state index contributed by atoms with van der Waals surface area (Å²) in [5.74, 6) is 1.22. The molecule has 33 heavy (non-hydrogen) atoms. The van der Waals surface area contributed by atoms with Crippen LogP contribution in [0.25, 0.3) is 0 Å². The van der Waals surface area contributed by atoms with E-state index in [2.05, 4.69) is 10.3 Å². The van der Waals surface area contributed by atoms with Gasteiger partial charge in [-0.1, -0.05) is 6.92 Å². The fourth-order valence-corrected chi connectivity index (χ4v) is 3.79. The minimum atomic E-state index is -0.303. The Bertz CT molecular complexity index is 1080. The van der Waals surface area contributed by atoms with Crippen LogP contribution in [0.5, 0.6) is 17.2 Å². The summed E-state index contributed by atoms with van der Waals surface area (Å²) >= 11 is 1.34. The highest BCUT2D eigenvalue weighted by molar-refractivity contribution is 7.13. The highest BCUT2D eigenvalue weighted by Gasteiger charge is 2.18. The third-order valence-electron chi connectivity index (χ3n) is 4.90. The number of ether oxygens (including phenoxy) is 3. The molecule has 2 amide bonds. The summed E-state index contributed by atoms with van der Waals surface area (Å²) in [7, 11) is 0. The maximum atomic E-state index is 12.7. The molecule has 2 aromatic carbocycles. The zero-order valence-corrected chi connectivity index (χ0v) is 19.1. The molecule has 8 nitrogen and oxygen atoms in total. The largest absolute Gasteiger partial charge is 0.493 e. The van der Waals surface area contributed by atoms with E-state index >= 15 is 0 Å². The Hall–Kier alpha value is -3.43. The van der Waals surface area contributed by atoms with Crippen LogP contribution in [0.4, 0.5) is 5.13 Å². The lowest BCUT2D eigenvalue weighted by Crippen LogP contribution is -2.40. The van der Waals surface area contributed by atoms with Crippen LogP contribution in [0, 0.1) is 0 Å². The number of carbonyl (C=O) groups excluding carboxylic acids is 2. The zero-order valence-electron chi connectivity index (χ0n) is 18.3. The molecule has 1 aromatic heterocycles. The van der Waals surface area contributed by atoms with Crippen LogP contribution in [-0.4, -0.2) is 54.6 Å². The van der Waals surface area contributed by atoms with Gasteiger partial charge in [0.25, 0.3) is 11.8 Å². The number of anilines is 1. The molecule has 4 rings (SSSR count). The van der Waals surface area contributed by atoms with E-state index in [1.165, 1.54) is 11.3 Å². The standard InChI is InChI=1S/C24H25N3O5S/c1-2-10-31-20-14-18(22(28)26-24-25-7-13-33-24)15-21(16-20)32-19-5-3-17(4-6-19)23(29)27-8-11-30-12-9-27/h3-7,13-16H,2,8-12H2,1H3,(H,25,26,28). The van der Waals surface area contributed by atoms with E-state index in [0.29, 0.717) is 66.4 Å². The number of rotatable bonds is 8. The molecule has 0 bridgehead atoms. The van der Waals surface area contributed by atoms with Gasteiger partial charge in [0.05, 0.1) is 19.8 Å². The predicted octanol–water partition coefficient (Wildman–Crippen LogP) is 4.45. The van der Waals surface area contributed by atoms with Crippen LogP contribution >= 0.6 is 11.3 Å². The number of nitrogens with zero attached hydrogens (tertiary/aromatic N) is 2. The van der Waals surface area contributed by atoms with Gasteiger partial charge in [0.2, 0.25) is 0 Å². The molecular weight excluding hydrogens is 442 g/mol. The number of hydrogen-bond donors (Lipinski definition) is 1. The van der Waals surface area contributed by atoms with E-state index < -0.39 is 0 Å². The van der Waals surface area contributed by atoms with Gasteiger partial charge in [0.15, 0.2) is 5.13 Å². The second-order valence-corrected chi connectivity index (χ2v) is 8.26. The van der Waals surface area contributed by atoms with Crippen molar-refractivity contribution in [2.45, 2.75) is 13.3 Å². The molecule has 1 saturated heterocycles. The summed E-state index contributed by atoms with van der Waals surface area (Å²) in [6.45, 7) is 4.83. The summed E-state index contributed by atoms with van der Waals surface area (Å²) < 4.78 is 17.0. The first-order valence-corrected chi connectivity index (χ1v) is 11.6. The molecule has 0 aliphatic carbocycles. The van der Waals surface area contributed by atoms with Crippen molar-refractivity contribution in [1.82, 2.24) is 9.88 Å². The number of carbonyl (C=O) groups is 2. The molecule has 2 heterocycles. The molecule has 172 valence electrons. The fourth-order valence-electron chi connectivity index (χ4n) is 3.27. The molecule has 1 aliphatic heterocycles. The molecule has 1 N–H and O–H groups in total. The van der Waals surface area contributed by atoms with Crippen LogP contribution in [-0.2, 0) is 4.74 Å². The third-order valence-corrected chi connectivity index (χ3v) is 5.59. The highest BCUT2D eigenvalue weighted by atomic mass is 32.1. The lowest BCUT2D eigenvalue weighted by atomic mass is 10.1. The van der Waals surface area contributed by atoms with Gasteiger partial charge in [0.1, 0.15) is 17.2 Å². The van der Waals surface area contributed by atoms with Gasteiger partial charge in [0, 0.05) is 41.9 Å². The van der Waals surface area contributed by atoms with Crippen LogP contribution < -0.4 is 14.8 Å². The monoisotopic (exact) mass is 467 g/mol. The van der Waals surface area contributed by atoms with E-state index in [4.69, 9.17) is 14.2 Å². The van der Waals surface area contributed by atoms with Gasteiger partial charge in [-0.2, -0.15) is 0 Å². The smallest absolute Gasteiger partial charge is 0.257 e. The van der Waals surface area contributed by atoms with Crippen LogP contribution in [0.3, 0.4) is 0 Å². The zero-order chi connectivity index (χ0) is 23.0. The minimum Gasteiger partial charge on any atom is -0.493 e. The number of thiazole rings is 1. The molecular formula is C24H25N3O5S. The number of nitrogens with one attached hydrogen (secondary N) is 1. The van der Waals surface area contributed by atoms with Crippen LogP contribution in [0.15, 0.2) is 54.0 Å².